The van der Waals surface area contributed by atoms with E-state index in [-0.39, 0.29) is 33.3 Å². The summed E-state index contributed by atoms with van der Waals surface area (Å²) in [5.74, 6) is 1.10. The molecule has 1 aliphatic heterocycles. The lowest BCUT2D eigenvalue weighted by Gasteiger charge is -2.59. The average molecular weight is 489 g/mol. The highest BCUT2D eigenvalue weighted by molar-refractivity contribution is 9.10. The van der Waals surface area contributed by atoms with Gasteiger partial charge in [-0.15, -0.1) is 0 Å². The number of carbonyl (C=O) groups excluding carboxylic acids is 3. The molecule has 30 heavy (non-hydrogen) atoms. The lowest BCUT2D eigenvalue weighted by molar-refractivity contribution is -0.144. The van der Waals surface area contributed by atoms with Crippen LogP contribution >= 0.6 is 27.7 Å². The predicted molar refractivity (Wildman–Crippen MR) is 121 cm³/mol. The maximum atomic E-state index is 13.1. The molecule has 2 unspecified atom stereocenters. The number of hydrogen-bond donors (Lipinski definition) is 1. The average Bonchev–Trinajstić information content (AvgIpc) is 2.94. The summed E-state index contributed by atoms with van der Waals surface area (Å²) in [6, 6.07) is 9.50. The van der Waals surface area contributed by atoms with Crippen LogP contribution in [0.4, 0.5) is 4.79 Å². The third-order valence-corrected chi connectivity index (χ3v) is 8.90. The van der Waals surface area contributed by atoms with Gasteiger partial charge in [0, 0.05) is 17.4 Å². The van der Waals surface area contributed by atoms with Crippen molar-refractivity contribution >= 4 is 50.8 Å². The summed E-state index contributed by atoms with van der Waals surface area (Å²) in [5, 5.41) is 2.78. The van der Waals surface area contributed by atoms with Crippen LogP contribution in [0, 0.1) is 17.3 Å². The van der Waals surface area contributed by atoms with Crippen molar-refractivity contribution < 1.29 is 14.4 Å². The first-order chi connectivity index (χ1) is 14.4. The number of hydrogen-bond acceptors (Lipinski definition) is 4. The molecule has 1 saturated heterocycles. The minimum absolute atomic E-state index is 0.104. The number of amides is 3. The van der Waals surface area contributed by atoms with Gasteiger partial charge in [0.15, 0.2) is 0 Å². The number of halogens is 1. The Morgan fingerprint density at radius 2 is 1.87 bits per heavy atom. The fraction of sp³-hybridized carbons (Fsp3) is 0.522. The molecule has 1 aromatic rings. The molecule has 0 radical (unpaired) electrons. The fourth-order valence-corrected chi connectivity index (χ4v) is 8.60. The van der Waals surface area contributed by atoms with Crippen LogP contribution in [0.3, 0.4) is 0 Å². The van der Waals surface area contributed by atoms with Gasteiger partial charge >= 0.3 is 0 Å². The number of imide groups is 1. The van der Waals surface area contributed by atoms with Crippen LogP contribution in [0.5, 0.6) is 0 Å². The maximum absolute atomic E-state index is 13.1. The Bertz CT molecular complexity index is 918. The van der Waals surface area contributed by atoms with Crippen molar-refractivity contribution in [3.63, 3.8) is 0 Å². The molecule has 4 aliphatic carbocycles. The maximum Gasteiger partial charge on any atom is 0.293 e. The number of nitrogens with zero attached hydrogens (tertiary/aromatic N) is 1. The Morgan fingerprint density at radius 1 is 1.17 bits per heavy atom. The first-order valence-electron chi connectivity index (χ1n) is 10.6. The van der Waals surface area contributed by atoms with Crippen LogP contribution in [-0.2, 0) is 9.59 Å². The van der Waals surface area contributed by atoms with Crippen LogP contribution in [0.25, 0.3) is 6.08 Å². The van der Waals surface area contributed by atoms with Crippen LogP contribution in [0.2, 0.25) is 0 Å². The van der Waals surface area contributed by atoms with E-state index in [9.17, 15) is 14.4 Å². The SMILES string of the molecule is O=C1S/C(=C\c2ccccc2)C(=O)N1CCNC(=O)C12CC3CC(CC(Br)(C3)C1)C2. The molecule has 5 fully saturated rings. The molecule has 2 atom stereocenters. The van der Waals surface area contributed by atoms with Gasteiger partial charge in [-0.2, -0.15) is 0 Å². The Kier molecular flexibility index (Phi) is 5.09. The predicted octanol–water partition coefficient (Wildman–Crippen LogP) is 4.57. The number of carbonyl (C=O) groups is 3. The molecule has 1 N–H and O–H groups in total. The largest absolute Gasteiger partial charge is 0.354 e. The molecule has 158 valence electrons. The Balaban J connectivity index is 1.20. The fourth-order valence-electron chi connectivity index (χ4n) is 6.28. The van der Waals surface area contributed by atoms with Crippen LogP contribution < -0.4 is 5.32 Å². The zero-order valence-corrected chi connectivity index (χ0v) is 19.1. The number of alkyl halides is 1. The van der Waals surface area contributed by atoms with E-state index >= 15 is 0 Å². The Morgan fingerprint density at radius 3 is 2.53 bits per heavy atom. The monoisotopic (exact) mass is 488 g/mol. The molecule has 4 bridgehead atoms. The topological polar surface area (TPSA) is 66.5 Å². The molecule has 5 aliphatic rings. The van der Waals surface area contributed by atoms with Gasteiger partial charge in [0.25, 0.3) is 11.1 Å². The first-order valence-corrected chi connectivity index (χ1v) is 12.2. The molecule has 5 nitrogen and oxygen atoms in total. The second-order valence-corrected chi connectivity index (χ2v) is 12.1. The van der Waals surface area contributed by atoms with Crippen LogP contribution in [-0.4, -0.2) is 39.4 Å². The van der Waals surface area contributed by atoms with E-state index < -0.39 is 0 Å². The van der Waals surface area contributed by atoms with Gasteiger partial charge in [-0.1, -0.05) is 46.3 Å². The zero-order chi connectivity index (χ0) is 20.9. The van der Waals surface area contributed by atoms with E-state index in [1.807, 2.05) is 30.3 Å². The summed E-state index contributed by atoms with van der Waals surface area (Å²) in [6.45, 7) is 0.521. The standard InChI is InChI=1S/C23H25BrN2O3S/c24-23-12-16-8-17(13-23)11-22(10-16,14-23)20(28)25-6-7-26-19(27)18(30-21(26)29)9-15-4-2-1-3-5-15/h1-5,9,16-17H,6-8,10-14H2,(H,25,28)/b18-9-. The molecule has 3 amide bonds. The summed E-state index contributed by atoms with van der Waals surface area (Å²) in [7, 11) is 0. The zero-order valence-electron chi connectivity index (χ0n) is 16.7. The van der Waals surface area contributed by atoms with Crippen LogP contribution in [0.15, 0.2) is 35.2 Å². The number of nitrogens with one attached hydrogen (secondary N) is 1. The lowest BCUT2D eigenvalue weighted by atomic mass is 9.49. The summed E-state index contributed by atoms with van der Waals surface area (Å²) in [6.07, 6.45) is 8.22. The van der Waals surface area contributed by atoms with Crippen molar-refractivity contribution in [2.24, 2.45) is 17.3 Å². The van der Waals surface area contributed by atoms with Gasteiger partial charge in [0.2, 0.25) is 5.91 Å². The highest BCUT2D eigenvalue weighted by Gasteiger charge is 2.59. The molecule has 4 saturated carbocycles. The van der Waals surface area contributed by atoms with E-state index in [0.717, 1.165) is 36.6 Å². The van der Waals surface area contributed by atoms with E-state index in [2.05, 4.69) is 21.2 Å². The summed E-state index contributed by atoms with van der Waals surface area (Å²) in [5.41, 5.74) is 0.613. The number of rotatable bonds is 5. The minimum Gasteiger partial charge on any atom is -0.354 e. The van der Waals surface area contributed by atoms with Crippen molar-refractivity contribution in [1.29, 1.82) is 0 Å². The lowest BCUT2D eigenvalue weighted by Crippen LogP contribution is -2.58. The van der Waals surface area contributed by atoms with Gasteiger partial charge in [-0.25, -0.2) is 0 Å². The first kappa shape index (κ1) is 20.3. The molecule has 1 aromatic carbocycles. The van der Waals surface area contributed by atoms with Crippen molar-refractivity contribution in [3.05, 3.63) is 40.8 Å². The molecule has 7 heteroatoms. The highest BCUT2D eigenvalue weighted by Crippen LogP contribution is 2.64. The molecular weight excluding hydrogens is 464 g/mol. The van der Waals surface area contributed by atoms with E-state index in [4.69, 9.17) is 0 Å². The number of benzene rings is 1. The van der Waals surface area contributed by atoms with E-state index in [0.29, 0.717) is 23.3 Å². The Labute approximate surface area is 189 Å². The third-order valence-electron chi connectivity index (χ3n) is 7.06. The molecular formula is C23H25BrN2O3S. The highest BCUT2D eigenvalue weighted by atomic mass is 79.9. The molecule has 6 rings (SSSR count). The third kappa shape index (κ3) is 3.64. The van der Waals surface area contributed by atoms with Crippen molar-refractivity contribution in [3.8, 4) is 0 Å². The van der Waals surface area contributed by atoms with Crippen molar-refractivity contribution in [1.82, 2.24) is 10.2 Å². The van der Waals surface area contributed by atoms with Gasteiger partial charge in [-0.05, 0) is 73.8 Å². The Hall–Kier alpha value is -1.60. The molecule has 0 aromatic heterocycles. The second-order valence-electron chi connectivity index (χ2n) is 9.39. The van der Waals surface area contributed by atoms with Gasteiger partial charge in [-0.3, -0.25) is 19.3 Å². The second kappa shape index (κ2) is 7.52. The number of thioether (sulfide) groups is 1. The van der Waals surface area contributed by atoms with Crippen molar-refractivity contribution in [2.45, 2.75) is 42.8 Å². The molecule has 0 spiro atoms. The summed E-state index contributed by atoms with van der Waals surface area (Å²) < 4.78 is 0.128. The van der Waals surface area contributed by atoms with Crippen molar-refractivity contribution in [2.75, 3.05) is 13.1 Å². The van der Waals surface area contributed by atoms with Gasteiger partial charge in [0.05, 0.1) is 10.3 Å². The smallest absolute Gasteiger partial charge is 0.293 e. The minimum atomic E-state index is -0.280. The van der Waals surface area contributed by atoms with E-state index in [1.165, 1.54) is 24.2 Å². The van der Waals surface area contributed by atoms with Gasteiger partial charge in [0.1, 0.15) is 0 Å². The van der Waals surface area contributed by atoms with Crippen LogP contribution in [0.1, 0.15) is 44.1 Å². The molecule has 1 heterocycles. The quantitative estimate of drug-likeness (QED) is 0.486. The van der Waals surface area contributed by atoms with Gasteiger partial charge < -0.3 is 5.32 Å². The van der Waals surface area contributed by atoms with E-state index in [1.54, 1.807) is 6.08 Å². The summed E-state index contributed by atoms with van der Waals surface area (Å²) >= 11 is 4.91. The summed E-state index contributed by atoms with van der Waals surface area (Å²) in [4.78, 5) is 39.8. The normalized spacial score (nSPS) is 36.0.